The Morgan fingerprint density at radius 3 is 2.62 bits per heavy atom. The average Bonchev–Trinajstić information content (AvgIpc) is 2.29. The summed E-state index contributed by atoms with van der Waals surface area (Å²) in [7, 11) is 0. The van der Waals surface area contributed by atoms with Gasteiger partial charge in [0.2, 0.25) is 5.91 Å². The number of carbonyl (C=O) groups is 1. The summed E-state index contributed by atoms with van der Waals surface area (Å²) < 4.78 is 12.6. The molecule has 0 saturated heterocycles. The van der Waals surface area contributed by atoms with Crippen LogP contribution in [0.1, 0.15) is 12.5 Å². The molecule has 0 aliphatic rings. The van der Waals surface area contributed by atoms with E-state index in [9.17, 15) is 9.18 Å². The minimum atomic E-state index is -0.275. The first-order valence-electron chi connectivity index (χ1n) is 5.04. The summed E-state index contributed by atoms with van der Waals surface area (Å²) in [5, 5.41) is 2.70. The first-order valence-corrected chi connectivity index (χ1v) is 5.04. The van der Waals surface area contributed by atoms with Gasteiger partial charge in [-0.3, -0.25) is 4.79 Å². The molecule has 84 valence electrons. The fourth-order valence-electron chi connectivity index (χ4n) is 1.10. The fraction of sp³-hybridized carbons (Fsp3) is 0.154. The normalized spacial score (nSPS) is 11.1. The number of rotatable bonds is 4. The zero-order valence-corrected chi connectivity index (χ0v) is 9.11. The van der Waals surface area contributed by atoms with Crippen LogP contribution in [0.25, 0.3) is 0 Å². The maximum atomic E-state index is 12.6. The van der Waals surface area contributed by atoms with Crippen LogP contribution in [0.4, 0.5) is 4.39 Å². The van der Waals surface area contributed by atoms with Crippen LogP contribution in [0.5, 0.6) is 0 Å². The summed E-state index contributed by atoms with van der Waals surface area (Å²) in [4.78, 5) is 11.3. The van der Waals surface area contributed by atoms with Crippen LogP contribution < -0.4 is 5.32 Å². The third-order valence-electron chi connectivity index (χ3n) is 1.93. The lowest BCUT2D eigenvalue weighted by Gasteiger charge is -2.01. The van der Waals surface area contributed by atoms with Crippen molar-refractivity contribution >= 4 is 5.91 Å². The number of carbonyl (C=O) groups excluding carboxylic acids is 1. The molecule has 0 spiro atoms. The Hall–Kier alpha value is -1.90. The predicted octanol–water partition coefficient (Wildman–Crippen LogP) is 2.57. The molecular formula is C13H14FNO. The molecule has 0 aromatic heterocycles. The molecule has 0 unspecified atom stereocenters. The quantitative estimate of drug-likeness (QED) is 0.612. The zero-order chi connectivity index (χ0) is 11.8. The predicted molar refractivity (Wildman–Crippen MR) is 62.2 cm³/mol. The average molecular weight is 219 g/mol. The number of nitrogens with one attached hydrogen (secondary N) is 1. The van der Waals surface area contributed by atoms with Gasteiger partial charge in [-0.25, -0.2) is 4.39 Å². The highest BCUT2D eigenvalue weighted by atomic mass is 19.1. The van der Waals surface area contributed by atoms with E-state index in [1.807, 2.05) is 13.0 Å². The van der Waals surface area contributed by atoms with E-state index in [-0.39, 0.29) is 11.7 Å². The Bertz CT molecular complexity index is 393. The Balaban J connectivity index is 2.40. The molecule has 0 aliphatic carbocycles. The third-order valence-corrected chi connectivity index (χ3v) is 1.93. The second kappa shape index (κ2) is 6.56. The van der Waals surface area contributed by atoms with Crippen molar-refractivity contribution in [1.82, 2.24) is 5.32 Å². The van der Waals surface area contributed by atoms with E-state index in [2.05, 4.69) is 5.32 Å². The minimum Gasteiger partial charge on any atom is -0.348 e. The molecule has 3 heteroatoms. The topological polar surface area (TPSA) is 29.1 Å². The third kappa shape index (κ3) is 4.55. The summed E-state index contributed by atoms with van der Waals surface area (Å²) >= 11 is 0. The first kappa shape index (κ1) is 12.2. The van der Waals surface area contributed by atoms with Gasteiger partial charge in [0.1, 0.15) is 5.82 Å². The van der Waals surface area contributed by atoms with Gasteiger partial charge in [-0.2, -0.15) is 0 Å². The van der Waals surface area contributed by atoms with Crippen LogP contribution in [0.2, 0.25) is 0 Å². The maximum absolute atomic E-state index is 12.6. The Morgan fingerprint density at radius 2 is 2.00 bits per heavy atom. The van der Waals surface area contributed by atoms with Gasteiger partial charge in [0, 0.05) is 12.6 Å². The van der Waals surface area contributed by atoms with Gasteiger partial charge in [0.15, 0.2) is 0 Å². The molecule has 0 atom stereocenters. The van der Waals surface area contributed by atoms with Crippen molar-refractivity contribution in [3.8, 4) is 0 Å². The van der Waals surface area contributed by atoms with Crippen molar-refractivity contribution in [2.45, 2.75) is 13.5 Å². The number of allylic oxidation sites excluding steroid dienone is 3. The van der Waals surface area contributed by atoms with Crippen LogP contribution in [0.15, 0.2) is 48.6 Å². The summed E-state index contributed by atoms with van der Waals surface area (Å²) in [6, 6.07) is 6.03. The SMILES string of the molecule is CC=CC=CC(=O)NCc1ccc(F)cc1. The smallest absolute Gasteiger partial charge is 0.244 e. The first-order chi connectivity index (χ1) is 7.72. The zero-order valence-electron chi connectivity index (χ0n) is 9.11. The van der Waals surface area contributed by atoms with Crippen LogP contribution in [-0.2, 0) is 11.3 Å². The molecule has 2 nitrogen and oxygen atoms in total. The monoisotopic (exact) mass is 219 g/mol. The Labute approximate surface area is 94.5 Å². The molecule has 1 amide bonds. The van der Waals surface area contributed by atoms with Crippen LogP contribution in [-0.4, -0.2) is 5.91 Å². The molecule has 0 saturated carbocycles. The van der Waals surface area contributed by atoms with Crippen molar-refractivity contribution in [3.63, 3.8) is 0 Å². The lowest BCUT2D eigenvalue weighted by Crippen LogP contribution is -2.20. The molecule has 16 heavy (non-hydrogen) atoms. The molecule has 0 heterocycles. The van der Waals surface area contributed by atoms with Gasteiger partial charge in [0.05, 0.1) is 0 Å². The summed E-state index contributed by atoms with van der Waals surface area (Å²) in [6.45, 7) is 2.28. The minimum absolute atomic E-state index is 0.164. The second-order valence-electron chi connectivity index (χ2n) is 3.23. The molecule has 0 fully saturated rings. The molecule has 1 aromatic rings. The summed E-state index contributed by atoms with van der Waals surface area (Å²) in [6.07, 6.45) is 6.73. The summed E-state index contributed by atoms with van der Waals surface area (Å²) in [5.41, 5.74) is 0.870. The Kier molecular flexibility index (Phi) is 4.99. The van der Waals surface area contributed by atoms with Crippen molar-refractivity contribution in [3.05, 3.63) is 60.0 Å². The molecule has 0 aliphatic heterocycles. The fourth-order valence-corrected chi connectivity index (χ4v) is 1.10. The lowest BCUT2D eigenvalue weighted by molar-refractivity contribution is -0.116. The number of hydrogen-bond donors (Lipinski definition) is 1. The van der Waals surface area contributed by atoms with Crippen molar-refractivity contribution < 1.29 is 9.18 Å². The van der Waals surface area contributed by atoms with Crippen LogP contribution in [0.3, 0.4) is 0 Å². The highest BCUT2D eigenvalue weighted by Crippen LogP contribution is 2.01. The second-order valence-corrected chi connectivity index (χ2v) is 3.23. The number of hydrogen-bond acceptors (Lipinski definition) is 1. The summed E-state index contributed by atoms with van der Waals surface area (Å²) in [5.74, 6) is -0.439. The van der Waals surface area contributed by atoms with Crippen molar-refractivity contribution in [1.29, 1.82) is 0 Å². The van der Waals surface area contributed by atoms with E-state index in [1.165, 1.54) is 18.2 Å². The number of amides is 1. The lowest BCUT2D eigenvalue weighted by atomic mass is 10.2. The van der Waals surface area contributed by atoms with E-state index >= 15 is 0 Å². The van der Waals surface area contributed by atoms with Gasteiger partial charge >= 0.3 is 0 Å². The number of benzene rings is 1. The maximum Gasteiger partial charge on any atom is 0.244 e. The molecule has 1 rings (SSSR count). The van der Waals surface area contributed by atoms with Crippen LogP contribution in [0, 0.1) is 5.82 Å². The molecule has 1 N–H and O–H groups in total. The van der Waals surface area contributed by atoms with Gasteiger partial charge in [-0.15, -0.1) is 0 Å². The van der Waals surface area contributed by atoms with Crippen molar-refractivity contribution in [2.75, 3.05) is 0 Å². The number of halogens is 1. The highest BCUT2D eigenvalue weighted by molar-refractivity contribution is 5.87. The van der Waals surface area contributed by atoms with Crippen LogP contribution >= 0.6 is 0 Å². The van der Waals surface area contributed by atoms with E-state index in [0.717, 1.165) is 5.56 Å². The molecule has 0 bridgehead atoms. The van der Waals surface area contributed by atoms with Gasteiger partial charge in [0.25, 0.3) is 0 Å². The van der Waals surface area contributed by atoms with E-state index < -0.39 is 0 Å². The van der Waals surface area contributed by atoms with E-state index in [0.29, 0.717) is 6.54 Å². The Morgan fingerprint density at radius 1 is 1.31 bits per heavy atom. The highest BCUT2D eigenvalue weighted by Gasteiger charge is 1.96. The van der Waals surface area contributed by atoms with Gasteiger partial charge in [-0.05, 0) is 24.6 Å². The molecule has 0 radical (unpaired) electrons. The molecule has 1 aromatic carbocycles. The standard InChI is InChI=1S/C13H14FNO/c1-2-3-4-5-13(16)15-10-11-6-8-12(14)9-7-11/h2-9H,10H2,1H3,(H,15,16). The van der Waals surface area contributed by atoms with E-state index in [1.54, 1.807) is 24.3 Å². The van der Waals surface area contributed by atoms with E-state index in [4.69, 9.17) is 0 Å². The van der Waals surface area contributed by atoms with Gasteiger partial charge < -0.3 is 5.32 Å². The molecular weight excluding hydrogens is 205 g/mol. The largest absolute Gasteiger partial charge is 0.348 e. The van der Waals surface area contributed by atoms with Gasteiger partial charge in [-0.1, -0.05) is 30.4 Å². The van der Waals surface area contributed by atoms with Crippen molar-refractivity contribution in [2.24, 2.45) is 0 Å².